The third-order valence-corrected chi connectivity index (χ3v) is 5.71. The highest BCUT2D eigenvalue weighted by Crippen LogP contribution is 2.25. The van der Waals surface area contributed by atoms with Crippen molar-refractivity contribution >= 4 is 46.8 Å². The summed E-state index contributed by atoms with van der Waals surface area (Å²) in [6.07, 6.45) is 1.49. The van der Waals surface area contributed by atoms with Gasteiger partial charge in [-0.15, -0.1) is 0 Å². The van der Waals surface area contributed by atoms with Crippen molar-refractivity contribution < 1.29 is 28.6 Å². The Kier molecular flexibility index (Phi) is 7.74. The minimum atomic E-state index is -0.571. The molecule has 2 aromatic rings. The third kappa shape index (κ3) is 5.84. The van der Waals surface area contributed by atoms with Crippen LogP contribution in [-0.2, 0) is 19.1 Å². The number of nitrogens with zero attached hydrogens (tertiary/aromatic N) is 2. The number of benzene rings is 2. The van der Waals surface area contributed by atoms with Gasteiger partial charge in [0.05, 0.1) is 25.5 Å². The van der Waals surface area contributed by atoms with Crippen molar-refractivity contribution in [2.45, 2.75) is 6.92 Å². The van der Waals surface area contributed by atoms with Crippen molar-refractivity contribution in [3.05, 3.63) is 59.7 Å². The fourth-order valence-electron chi connectivity index (χ4n) is 3.63. The lowest BCUT2D eigenvalue weighted by atomic mass is 10.1. The first-order chi connectivity index (χ1) is 17.0. The van der Waals surface area contributed by atoms with E-state index in [1.54, 1.807) is 53.4 Å². The lowest BCUT2D eigenvalue weighted by molar-refractivity contribution is -0.137. The Morgan fingerprint density at radius 1 is 1.03 bits per heavy atom. The molecule has 35 heavy (non-hydrogen) atoms. The van der Waals surface area contributed by atoms with E-state index in [0.717, 1.165) is 0 Å². The molecule has 0 bridgehead atoms. The van der Waals surface area contributed by atoms with Crippen LogP contribution in [0.15, 0.2) is 54.1 Å². The Morgan fingerprint density at radius 3 is 2.31 bits per heavy atom. The Bertz CT molecular complexity index is 1140. The van der Waals surface area contributed by atoms with Crippen molar-refractivity contribution in [1.29, 1.82) is 0 Å². The van der Waals surface area contributed by atoms with Gasteiger partial charge in [-0.2, -0.15) is 0 Å². The first-order valence-corrected chi connectivity index (χ1v) is 11.6. The molecule has 2 fully saturated rings. The standard InChI is InChI=1S/C25H25N3O6S/c1-2-33-19-9-5-18(6-10-19)28-24(31)21(23(30)26-25(28)35)15-17-3-7-20(8-4-17)34-16-22(29)27-11-13-32-14-12-27/h3-10,15H,2,11-14,16H2,1H3,(H,26,30,35)/b21-15+. The molecule has 10 heteroatoms. The summed E-state index contributed by atoms with van der Waals surface area (Å²) in [4.78, 5) is 40.9. The number of thiocarbonyl (C=S) groups is 1. The molecule has 2 aliphatic rings. The number of hydrogen-bond donors (Lipinski definition) is 1. The van der Waals surface area contributed by atoms with Crippen molar-refractivity contribution in [2.24, 2.45) is 0 Å². The van der Waals surface area contributed by atoms with E-state index in [4.69, 9.17) is 26.4 Å². The highest BCUT2D eigenvalue weighted by atomic mass is 32.1. The van der Waals surface area contributed by atoms with E-state index in [1.165, 1.54) is 11.0 Å². The van der Waals surface area contributed by atoms with Crippen molar-refractivity contribution in [1.82, 2.24) is 10.2 Å². The van der Waals surface area contributed by atoms with E-state index in [2.05, 4.69) is 5.32 Å². The van der Waals surface area contributed by atoms with E-state index < -0.39 is 11.8 Å². The Balaban J connectivity index is 1.44. The predicted molar refractivity (Wildman–Crippen MR) is 133 cm³/mol. The number of morpholine rings is 1. The largest absolute Gasteiger partial charge is 0.494 e. The fourth-order valence-corrected chi connectivity index (χ4v) is 3.91. The van der Waals surface area contributed by atoms with Gasteiger partial charge in [-0.1, -0.05) is 12.1 Å². The number of rotatable bonds is 7. The molecule has 3 amide bonds. The summed E-state index contributed by atoms with van der Waals surface area (Å²) in [5.74, 6) is -0.0296. The normalized spacial score (nSPS) is 17.4. The van der Waals surface area contributed by atoms with Gasteiger partial charge < -0.3 is 19.1 Å². The number of anilines is 1. The van der Waals surface area contributed by atoms with Crippen LogP contribution in [0, 0.1) is 0 Å². The SMILES string of the molecule is CCOc1ccc(N2C(=O)/C(=C/c3ccc(OCC(=O)N4CCOCC4)cc3)C(=O)NC2=S)cc1. The van der Waals surface area contributed by atoms with Gasteiger partial charge in [0, 0.05) is 13.1 Å². The number of carbonyl (C=O) groups excluding carboxylic acids is 3. The van der Waals surface area contributed by atoms with E-state index >= 15 is 0 Å². The van der Waals surface area contributed by atoms with Crippen LogP contribution in [0.2, 0.25) is 0 Å². The van der Waals surface area contributed by atoms with Crippen molar-refractivity contribution in [3.8, 4) is 11.5 Å². The maximum absolute atomic E-state index is 13.2. The zero-order valence-corrected chi connectivity index (χ0v) is 20.0. The molecule has 0 saturated carbocycles. The molecule has 1 N–H and O–H groups in total. The second kappa shape index (κ2) is 11.1. The average Bonchev–Trinajstić information content (AvgIpc) is 2.87. The molecule has 2 aromatic carbocycles. The van der Waals surface area contributed by atoms with Gasteiger partial charge in [0.25, 0.3) is 17.7 Å². The van der Waals surface area contributed by atoms with Gasteiger partial charge in [-0.25, -0.2) is 0 Å². The lowest BCUT2D eigenvalue weighted by Crippen LogP contribution is -2.54. The molecule has 0 atom stereocenters. The van der Waals surface area contributed by atoms with Crippen LogP contribution >= 0.6 is 12.2 Å². The van der Waals surface area contributed by atoms with Crippen LogP contribution in [0.25, 0.3) is 6.08 Å². The maximum atomic E-state index is 13.2. The summed E-state index contributed by atoms with van der Waals surface area (Å²) < 4.78 is 16.3. The monoisotopic (exact) mass is 495 g/mol. The second-order valence-electron chi connectivity index (χ2n) is 7.74. The summed E-state index contributed by atoms with van der Waals surface area (Å²) >= 11 is 5.24. The van der Waals surface area contributed by atoms with Crippen molar-refractivity contribution in [2.75, 3.05) is 44.4 Å². The predicted octanol–water partition coefficient (Wildman–Crippen LogP) is 2.15. The summed E-state index contributed by atoms with van der Waals surface area (Å²) in [6, 6.07) is 13.6. The average molecular weight is 496 g/mol. The molecule has 0 unspecified atom stereocenters. The number of carbonyl (C=O) groups is 3. The van der Waals surface area contributed by atoms with Gasteiger partial charge in [-0.05, 0) is 67.2 Å². The molecule has 0 radical (unpaired) electrons. The van der Waals surface area contributed by atoms with E-state index in [0.29, 0.717) is 55.7 Å². The molecule has 9 nitrogen and oxygen atoms in total. The van der Waals surface area contributed by atoms with E-state index in [1.807, 2.05) is 6.92 Å². The maximum Gasteiger partial charge on any atom is 0.270 e. The van der Waals surface area contributed by atoms with Crippen LogP contribution in [0.4, 0.5) is 5.69 Å². The zero-order valence-electron chi connectivity index (χ0n) is 19.2. The number of nitrogens with one attached hydrogen (secondary N) is 1. The fraction of sp³-hybridized carbons (Fsp3) is 0.280. The minimum absolute atomic E-state index is 0.00925. The molecule has 0 spiro atoms. The molecule has 2 aliphatic heterocycles. The minimum Gasteiger partial charge on any atom is -0.494 e. The first-order valence-electron chi connectivity index (χ1n) is 11.2. The Hall–Kier alpha value is -3.76. The van der Waals surface area contributed by atoms with E-state index in [-0.39, 0.29) is 23.2 Å². The summed E-state index contributed by atoms with van der Waals surface area (Å²) in [7, 11) is 0. The van der Waals surface area contributed by atoms with Gasteiger partial charge in [0.1, 0.15) is 17.1 Å². The highest BCUT2D eigenvalue weighted by Gasteiger charge is 2.34. The molecular formula is C25H25N3O6S. The Morgan fingerprint density at radius 2 is 1.66 bits per heavy atom. The summed E-state index contributed by atoms with van der Waals surface area (Å²) in [5, 5.41) is 2.58. The quantitative estimate of drug-likeness (QED) is 0.357. The topological polar surface area (TPSA) is 97.4 Å². The van der Waals surface area contributed by atoms with Crippen LogP contribution < -0.4 is 19.7 Å². The lowest BCUT2D eigenvalue weighted by Gasteiger charge is -2.29. The van der Waals surface area contributed by atoms with Gasteiger partial charge in [0.2, 0.25) is 0 Å². The van der Waals surface area contributed by atoms with Crippen LogP contribution in [-0.4, -0.2) is 67.3 Å². The van der Waals surface area contributed by atoms with Crippen LogP contribution in [0.1, 0.15) is 12.5 Å². The van der Waals surface area contributed by atoms with Gasteiger partial charge in [-0.3, -0.25) is 24.6 Å². The Labute approximate surface area is 208 Å². The summed E-state index contributed by atoms with van der Waals surface area (Å²) in [6.45, 7) is 4.51. The molecule has 0 aliphatic carbocycles. The number of amides is 3. The van der Waals surface area contributed by atoms with Crippen LogP contribution in [0.3, 0.4) is 0 Å². The van der Waals surface area contributed by atoms with Crippen LogP contribution in [0.5, 0.6) is 11.5 Å². The summed E-state index contributed by atoms with van der Waals surface area (Å²) in [5.41, 5.74) is 1.08. The van der Waals surface area contributed by atoms with Gasteiger partial charge in [0.15, 0.2) is 11.7 Å². The molecule has 0 aromatic heterocycles. The van der Waals surface area contributed by atoms with Crippen molar-refractivity contribution in [3.63, 3.8) is 0 Å². The molecule has 2 heterocycles. The molecule has 182 valence electrons. The highest BCUT2D eigenvalue weighted by molar-refractivity contribution is 7.80. The van der Waals surface area contributed by atoms with E-state index in [9.17, 15) is 14.4 Å². The molecule has 4 rings (SSSR count). The third-order valence-electron chi connectivity index (χ3n) is 5.42. The number of hydrogen-bond acceptors (Lipinski definition) is 7. The smallest absolute Gasteiger partial charge is 0.270 e. The number of ether oxygens (including phenoxy) is 3. The zero-order chi connectivity index (χ0) is 24.8. The second-order valence-corrected chi connectivity index (χ2v) is 8.12. The molecular weight excluding hydrogens is 470 g/mol. The van der Waals surface area contributed by atoms with Gasteiger partial charge >= 0.3 is 0 Å². The molecule has 2 saturated heterocycles. The first kappa shape index (κ1) is 24.4.